The summed E-state index contributed by atoms with van der Waals surface area (Å²) in [5.74, 6) is 0.779. The van der Waals surface area contributed by atoms with Gasteiger partial charge in [0.15, 0.2) is 5.65 Å². The quantitative estimate of drug-likeness (QED) is 0.636. The van der Waals surface area contributed by atoms with Gasteiger partial charge >= 0.3 is 5.69 Å². The van der Waals surface area contributed by atoms with Crippen LogP contribution in [-0.4, -0.2) is 24.4 Å². The van der Waals surface area contributed by atoms with Gasteiger partial charge in [-0.2, -0.15) is 0 Å². The molecule has 0 aliphatic carbocycles. The lowest BCUT2D eigenvalue weighted by Crippen LogP contribution is -2.38. The molecule has 2 heterocycles. The van der Waals surface area contributed by atoms with Gasteiger partial charge < -0.3 is 0 Å². The van der Waals surface area contributed by atoms with Crippen molar-refractivity contribution in [3.05, 3.63) is 26.7 Å². The number of hydrogen-bond acceptors (Lipinski definition) is 5. The summed E-state index contributed by atoms with van der Waals surface area (Å²) in [5, 5.41) is 1.43. The molecule has 2 aromatic rings. The van der Waals surface area contributed by atoms with E-state index in [-0.39, 0.29) is 17.2 Å². The molecule has 0 spiro atoms. The van der Waals surface area contributed by atoms with Crippen LogP contribution in [0, 0.1) is 0 Å². The van der Waals surface area contributed by atoms with Crippen LogP contribution in [0.3, 0.4) is 0 Å². The number of thioether (sulfide) groups is 1. The smallest absolute Gasteiger partial charge is 0.280 e. The average molecular weight is 322 g/mol. The lowest BCUT2D eigenvalue weighted by molar-refractivity contribution is 0.688. The summed E-state index contributed by atoms with van der Waals surface area (Å²) >= 11 is 1.56. The average Bonchev–Trinajstić information content (AvgIpc) is 2.49. The third-order valence-electron chi connectivity index (χ3n) is 3.69. The molecule has 0 radical (unpaired) electrons. The van der Waals surface area contributed by atoms with Gasteiger partial charge in [0, 0.05) is 25.3 Å². The van der Waals surface area contributed by atoms with Crippen molar-refractivity contribution in [1.29, 1.82) is 0 Å². The van der Waals surface area contributed by atoms with E-state index in [4.69, 9.17) is 0 Å². The van der Waals surface area contributed by atoms with Gasteiger partial charge in [-0.25, -0.2) is 14.8 Å². The van der Waals surface area contributed by atoms with Crippen molar-refractivity contribution in [2.24, 2.45) is 14.1 Å². The van der Waals surface area contributed by atoms with Crippen LogP contribution in [0.1, 0.15) is 45.9 Å². The van der Waals surface area contributed by atoms with Crippen LogP contribution >= 0.6 is 11.8 Å². The largest absolute Gasteiger partial charge is 0.332 e. The van der Waals surface area contributed by atoms with Crippen LogP contribution in [0.2, 0.25) is 0 Å². The molecule has 0 aliphatic rings. The van der Waals surface area contributed by atoms with Gasteiger partial charge in [0.1, 0.15) is 16.2 Å². The Morgan fingerprint density at radius 2 is 1.73 bits per heavy atom. The Labute approximate surface area is 133 Å². The zero-order chi connectivity index (χ0) is 16.6. The molecule has 0 amide bonds. The van der Waals surface area contributed by atoms with Crippen LogP contribution < -0.4 is 11.2 Å². The van der Waals surface area contributed by atoms with E-state index in [0.29, 0.717) is 27.1 Å². The van der Waals surface area contributed by atoms with Gasteiger partial charge in [-0.15, -0.1) is 11.8 Å². The van der Waals surface area contributed by atoms with E-state index in [1.807, 2.05) is 13.8 Å². The van der Waals surface area contributed by atoms with Crippen molar-refractivity contribution in [2.45, 2.75) is 50.3 Å². The second-order valence-electron chi connectivity index (χ2n) is 5.78. The molecule has 0 aliphatic heterocycles. The van der Waals surface area contributed by atoms with Gasteiger partial charge in [-0.3, -0.25) is 13.9 Å². The summed E-state index contributed by atoms with van der Waals surface area (Å²) in [4.78, 5) is 33.7. The molecule has 120 valence electrons. The lowest BCUT2D eigenvalue weighted by Gasteiger charge is -2.15. The van der Waals surface area contributed by atoms with Crippen molar-refractivity contribution in [3.63, 3.8) is 0 Å². The maximum Gasteiger partial charge on any atom is 0.332 e. The Hall–Kier alpha value is -1.63. The van der Waals surface area contributed by atoms with Crippen molar-refractivity contribution < 1.29 is 0 Å². The number of aryl methyl sites for hydroxylation is 1. The van der Waals surface area contributed by atoms with E-state index in [0.717, 1.165) is 11.0 Å². The molecule has 0 N–H and O–H groups in total. The Kier molecular flexibility index (Phi) is 4.75. The number of hydrogen-bond donors (Lipinski definition) is 0. The molecule has 7 heteroatoms. The maximum atomic E-state index is 12.5. The van der Waals surface area contributed by atoms with Gasteiger partial charge in [0.25, 0.3) is 5.56 Å². The Morgan fingerprint density at radius 3 is 2.27 bits per heavy atom. The summed E-state index contributed by atoms with van der Waals surface area (Å²) in [7, 11) is 3.12. The fourth-order valence-corrected chi connectivity index (χ4v) is 3.05. The minimum absolute atomic E-state index is 0.125. The molecular weight excluding hydrogens is 300 g/mol. The van der Waals surface area contributed by atoms with Crippen LogP contribution in [0.5, 0.6) is 0 Å². The fourth-order valence-electron chi connectivity index (χ4n) is 2.06. The topological polar surface area (TPSA) is 69.8 Å². The summed E-state index contributed by atoms with van der Waals surface area (Å²) in [6, 6.07) is 0. The zero-order valence-electron chi connectivity index (χ0n) is 13.9. The first kappa shape index (κ1) is 16.7. The number of aromatic nitrogens is 4. The first-order chi connectivity index (χ1) is 10.3. The van der Waals surface area contributed by atoms with E-state index in [1.165, 1.54) is 11.6 Å². The molecule has 0 aromatic carbocycles. The lowest BCUT2D eigenvalue weighted by atomic mass is 10.2. The first-order valence-corrected chi connectivity index (χ1v) is 8.30. The van der Waals surface area contributed by atoms with E-state index in [9.17, 15) is 9.59 Å². The van der Waals surface area contributed by atoms with Gasteiger partial charge in [0.05, 0.1) is 0 Å². The fraction of sp³-hybridized carbons (Fsp3) is 0.600. The minimum atomic E-state index is -0.370. The molecule has 6 nitrogen and oxygen atoms in total. The van der Waals surface area contributed by atoms with E-state index in [2.05, 4.69) is 23.8 Å². The highest BCUT2D eigenvalue weighted by Gasteiger charge is 2.19. The van der Waals surface area contributed by atoms with Gasteiger partial charge in [-0.1, -0.05) is 27.7 Å². The van der Waals surface area contributed by atoms with E-state index >= 15 is 0 Å². The molecule has 0 unspecified atom stereocenters. The van der Waals surface area contributed by atoms with Gasteiger partial charge in [0.2, 0.25) is 0 Å². The second-order valence-corrected chi connectivity index (χ2v) is 7.21. The number of fused-ring (bicyclic) bond motifs is 1. The summed E-state index contributed by atoms with van der Waals surface area (Å²) in [6.45, 7) is 8.19. The van der Waals surface area contributed by atoms with Crippen molar-refractivity contribution >= 4 is 22.8 Å². The summed E-state index contributed by atoms with van der Waals surface area (Å²) in [6.07, 6.45) is 0.971. The number of rotatable bonds is 4. The van der Waals surface area contributed by atoms with Gasteiger partial charge in [-0.05, 0) is 6.42 Å². The molecule has 0 saturated heterocycles. The summed E-state index contributed by atoms with van der Waals surface area (Å²) in [5.41, 5.74) is -0.290. The van der Waals surface area contributed by atoms with Crippen LogP contribution in [0.15, 0.2) is 14.6 Å². The number of nitrogens with zero attached hydrogens (tertiary/aromatic N) is 4. The molecule has 0 saturated carbocycles. The Morgan fingerprint density at radius 1 is 1.09 bits per heavy atom. The highest BCUT2D eigenvalue weighted by molar-refractivity contribution is 8.00. The van der Waals surface area contributed by atoms with Crippen molar-refractivity contribution in [1.82, 2.24) is 19.1 Å². The molecule has 2 aromatic heterocycles. The molecule has 0 fully saturated rings. The second kappa shape index (κ2) is 6.24. The molecule has 0 bridgehead atoms. The first-order valence-electron chi connectivity index (χ1n) is 7.42. The zero-order valence-corrected chi connectivity index (χ0v) is 14.7. The SMILES string of the molecule is CC[C@@H](C)Sc1nc(C(C)C)nc2c1c(=O)n(C)c(=O)n2C. The van der Waals surface area contributed by atoms with Crippen molar-refractivity contribution in [3.8, 4) is 0 Å². The standard InChI is InChI=1S/C15H22N4O2S/c1-7-9(4)22-13-10-12(16-11(17-13)8(2)3)18(5)15(21)19(6)14(10)20/h8-9H,7H2,1-6H3/t9-/m1/s1. The molecule has 22 heavy (non-hydrogen) atoms. The molecule has 1 atom stereocenters. The Balaban J connectivity index is 2.91. The minimum Gasteiger partial charge on any atom is -0.280 e. The maximum absolute atomic E-state index is 12.5. The monoisotopic (exact) mass is 322 g/mol. The van der Waals surface area contributed by atoms with Crippen LogP contribution in [0.25, 0.3) is 11.0 Å². The predicted octanol–water partition coefficient (Wildman–Crippen LogP) is 2.04. The third-order valence-corrected chi connectivity index (χ3v) is 4.94. The molecular formula is C15H22N4O2S. The molecule has 2 rings (SSSR count). The van der Waals surface area contributed by atoms with Crippen LogP contribution in [0.4, 0.5) is 0 Å². The summed E-state index contributed by atoms with van der Waals surface area (Å²) < 4.78 is 2.53. The Bertz CT molecular complexity index is 823. The van der Waals surface area contributed by atoms with E-state index in [1.54, 1.807) is 18.8 Å². The highest BCUT2D eigenvalue weighted by atomic mass is 32.2. The van der Waals surface area contributed by atoms with Crippen LogP contribution in [-0.2, 0) is 14.1 Å². The highest BCUT2D eigenvalue weighted by Crippen LogP contribution is 2.28. The van der Waals surface area contributed by atoms with E-state index < -0.39 is 0 Å². The predicted molar refractivity (Wildman–Crippen MR) is 89.7 cm³/mol. The third kappa shape index (κ3) is 2.82. The van der Waals surface area contributed by atoms with Crippen molar-refractivity contribution in [2.75, 3.05) is 0 Å². The normalized spacial score (nSPS) is 13.0.